The van der Waals surface area contributed by atoms with Crippen LogP contribution in [0.3, 0.4) is 0 Å². The van der Waals surface area contributed by atoms with Crippen LogP contribution >= 0.6 is 34.3 Å². The maximum absolute atomic E-state index is 5.65. The lowest BCUT2D eigenvalue weighted by Gasteiger charge is -1.86. The van der Waals surface area contributed by atoms with Crippen molar-refractivity contribution in [3.63, 3.8) is 0 Å². The first-order valence-electron chi connectivity index (χ1n) is 3.44. The molecule has 0 saturated heterocycles. The van der Waals surface area contributed by atoms with Crippen molar-refractivity contribution in [3.8, 4) is 10.6 Å². The van der Waals surface area contributed by atoms with E-state index in [0.717, 1.165) is 10.7 Å². The first-order chi connectivity index (χ1) is 5.90. The molecular formula is C8H6ClNS2. The zero-order valence-electron chi connectivity index (χ0n) is 6.16. The molecule has 0 aromatic carbocycles. The summed E-state index contributed by atoms with van der Waals surface area (Å²) < 4.78 is 0. The van der Waals surface area contributed by atoms with Crippen LogP contribution in [0.5, 0.6) is 0 Å². The van der Waals surface area contributed by atoms with Gasteiger partial charge in [-0.05, 0) is 11.4 Å². The Hall–Kier alpha value is -0.380. The van der Waals surface area contributed by atoms with Gasteiger partial charge in [0.1, 0.15) is 5.01 Å². The number of nitrogens with zero attached hydrogens (tertiary/aromatic N) is 1. The van der Waals surface area contributed by atoms with Crippen LogP contribution < -0.4 is 0 Å². The highest BCUT2D eigenvalue weighted by molar-refractivity contribution is 7.14. The summed E-state index contributed by atoms with van der Waals surface area (Å²) in [6.07, 6.45) is 0. The maximum atomic E-state index is 5.65. The van der Waals surface area contributed by atoms with Gasteiger partial charge in [-0.2, -0.15) is 0 Å². The van der Waals surface area contributed by atoms with Crippen LogP contribution in [0.15, 0.2) is 22.9 Å². The Morgan fingerprint density at radius 2 is 2.33 bits per heavy atom. The SMILES string of the molecule is ClCc1nc(-c2cccs2)cs1. The molecule has 0 radical (unpaired) electrons. The number of aromatic nitrogens is 1. The van der Waals surface area contributed by atoms with Crippen molar-refractivity contribution in [2.24, 2.45) is 0 Å². The van der Waals surface area contributed by atoms with Crippen LogP contribution in [0, 0.1) is 0 Å². The molecule has 0 N–H and O–H groups in total. The average molecular weight is 216 g/mol. The van der Waals surface area contributed by atoms with E-state index in [1.54, 1.807) is 22.7 Å². The van der Waals surface area contributed by atoms with E-state index in [1.165, 1.54) is 4.88 Å². The second-order valence-electron chi connectivity index (χ2n) is 2.24. The molecule has 12 heavy (non-hydrogen) atoms. The number of thiophene rings is 1. The third-order valence-corrected chi connectivity index (χ3v) is 3.59. The average Bonchev–Trinajstić information content (AvgIpc) is 2.75. The molecule has 0 aliphatic heterocycles. The molecule has 0 atom stereocenters. The summed E-state index contributed by atoms with van der Waals surface area (Å²) in [5, 5.41) is 5.08. The van der Waals surface area contributed by atoms with Crippen molar-refractivity contribution < 1.29 is 0 Å². The monoisotopic (exact) mass is 215 g/mol. The summed E-state index contributed by atoms with van der Waals surface area (Å²) >= 11 is 8.97. The van der Waals surface area contributed by atoms with Gasteiger partial charge in [0, 0.05) is 5.38 Å². The van der Waals surface area contributed by atoms with Gasteiger partial charge in [0.15, 0.2) is 0 Å². The molecule has 0 saturated carbocycles. The Labute approximate surface area is 83.7 Å². The van der Waals surface area contributed by atoms with E-state index < -0.39 is 0 Å². The van der Waals surface area contributed by atoms with Gasteiger partial charge in [0.05, 0.1) is 16.5 Å². The molecule has 0 spiro atoms. The normalized spacial score (nSPS) is 10.4. The van der Waals surface area contributed by atoms with Crippen molar-refractivity contribution in [3.05, 3.63) is 27.9 Å². The van der Waals surface area contributed by atoms with Crippen LogP contribution in [-0.4, -0.2) is 4.98 Å². The highest BCUT2D eigenvalue weighted by Crippen LogP contribution is 2.26. The quantitative estimate of drug-likeness (QED) is 0.698. The van der Waals surface area contributed by atoms with Gasteiger partial charge in [0.25, 0.3) is 0 Å². The molecular weight excluding hydrogens is 210 g/mol. The highest BCUT2D eigenvalue weighted by Gasteiger charge is 2.03. The molecule has 2 rings (SSSR count). The van der Waals surface area contributed by atoms with E-state index in [2.05, 4.69) is 16.4 Å². The number of hydrogen-bond acceptors (Lipinski definition) is 3. The fourth-order valence-electron chi connectivity index (χ4n) is 0.910. The third-order valence-electron chi connectivity index (χ3n) is 1.44. The molecule has 2 heterocycles. The van der Waals surface area contributed by atoms with Crippen LogP contribution in [0.2, 0.25) is 0 Å². The van der Waals surface area contributed by atoms with Gasteiger partial charge in [-0.1, -0.05) is 6.07 Å². The summed E-state index contributed by atoms with van der Waals surface area (Å²) in [7, 11) is 0. The molecule has 0 aliphatic carbocycles. The Morgan fingerprint density at radius 1 is 1.42 bits per heavy atom. The molecule has 62 valence electrons. The number of hydrogen-bond donors (Lipinski definition) is 0. The first-order valence-corrected chi connectivity index (χ1v) is 5.74. The van der Waals surface area contributed by atoms with Crippen molar-refractivity contribution in [2.45, 2.75) is 5.88 Å². The lowest BCUT2D eigenvalue weighted by molar-refractivity contribution is 1.27. The van der Waals surface area contributed by atoms with Gasteiger partial charge in [-0.3, -0.25) is 0 Å². The minimum atomic E-state index is 0.510. The zero-order valence-corrected chi connectivity index (χ0v) is 8.55. The molecule has 0 aliphatic rings. The Morgan fingerprint density at radius 3 is 2.92 bits per heavy atom. The second-order valence-corrected chi connectivity index (χ2v) is 4.40. The van der Waals surface area contributed by atoms with Gasteiger partial charge in [-0.25, -0.2) is 4.98 Å². The summed E-state index contributed by atoms with van der Waals surface area (Å²) in [6, 6.07) is 4.09. The van der Waals surface area contributed by atoms with Crippen LogP contribution in [0.4, 0.5) is 0 Å². The molecule has 4 heteroatoms. The molecule has 0 bridgehead atoms. The molecule has 2 aromatic heterocycles. The Balaban J connectivity index is 2.35. The van der Waals surface area contributed by atoms with Crippen molar-refractivity contribution in [1.82, 2.24) is 4.98 Å². The molecule has 0 amide bonds. The molecule has 1 nitrogen and oxygen atoms in total. The van der Waals surface area contributed by atoms with E-state index in [1.807, 2.05) is 11.4 Å². The number of rotatable bonds is 2. The molecule has 0 fully saturated rings. The van der Waals surface area contributed by atoms with Crippen LogP contribution in [-0.2, 0) is 5.88 Å². The van der Waals surface area contributed by atoms with Gasteiger partial charge in [-0.15, -0.1) is 34.3 Å². The number of thiazole rings is 1. The van der Waals surface area contributed by atoms with Crippen molar-refractivity contribution in [1.29, 1.82) is 0 Å². The molecule has 0 unspecified atom stereocenters. The second kappa shape index (κ2) is 3.56. The van der Waals surface area contributed by atoms with Crippen molar-refractivity contribution in [2.75, 3.05) is 0 Å². The predicted molar refractivity (Wildman–Crippen MR) is 55.0 cm³/mol. The highest BCUT2D eigenvalue weighted by atomic mass is 35.5. The summed E-state index contributed by atoms with van der Waals surface area (Å²) in [5.41, 5.74) is 1.05. The minimum Gasteiger partial charge on any atom is -0.239 e. The standard InChI is InChI=1S/C8H6ClNS2/c9-4-8-10-6(5-12-8)7-2-1-3-11-7/h1-3,5H,4H2. The largest absolute Gasteiger partial charge is 0.239 e. The van der Waals surface area contributed by atoms with Gasteiger partial charge in [0.2, 0.25) is 0 Å². The van der Waals surface area contributed by atoms with E-state index in [-0.39, 0.29) is 0 Å². The topological polar surface area (TPSA) is 12.9 Å². The fourth-order valence-corrected chi connectivity index (χ4v) is 2.56. The lowest BCUT2D eigenvalue weighted by Crippen LogP contribution is -1.74. The zero-order chi connectivity index (χ0) is 8.39. The summed E-state index contributed by atoms with van der Waals surface area (Å²) in [4.78, 5) is 5.58. The van der Waals surface area contributed by atoms with E-state index >= 15 is 0 Å². The van der Waals surface area contributed by atoms with E-state index in [9.17, 15) is 0 Å². The fraction of sp³-hybridized carbons (Fsp3) is 0.125. The lowest BCUT2D eigenvalue weighted by atomic mass is 10.4. The predicted octanol–water partition coefficient (Wildman–Crippen LogP) is 3.61. The van der Waals surface area contributed by atoms with Crippen molar-refractivity contribution >= 4 is 34.3 Å². The Bertz CT molecular complexity index is 353. The summed E-state index contributed by atoms with van der Waals surface area (Å²) in [6.45, 7) is 0. The van der Waals surface area contributed by atoms with Crippen LogP contribution in [0.1, 0.15) is 5.01 Å². The number of halogens is 1. The number of alkyl halides is 1. The van der Waals surface area contributed by atoms with Gasteiger partial charge < -0.3 is 0 Å². The smallest absolute Gasteiger partial charge is 0.108 e. The minimum absolute atomic E-state index is 0.510. The molecule has 2 aromatic rings. The van der Waals surface area contributed by atoms with Crippen LogP contribution in [0.25, 0.3) is 10.6 Å². The van der Waals surface area contributed by atoms with E-state index in [4.69, 9.17) is 11.6 Å². The summed E-state index contributed by atoms with van der Waals surface area (Å²) in [5.74, 6) is 0.510. The third kappa shape index (κ3) is 1.53. The maximum Gasteiger partial charge on any atom is 0.108 e. The van der Waals surface area contributed by atoms with E-state index in [0.29, 0.717) is 5.88 Å². The first kappa shape index (κ1) is 8.23. The Kier molecular flexibility index (Phi) is 2.44. The van der Waals surface area contributed by atoms with Gasteiger partial charge >= 0.3 is 0 Å².